The minimum absolute atomic E-state index is 0.288. The highest BCUT2D eigenvalue weighted by Crippen LogP contribution is 2.36. The molecule has 0 saturated carbocycles. The SMILES string of the molecule is Nc1cccc2c(Nc3c(Cl)cc(F)cc3Br)ccnc12. The molecule has 21 heavy (non-hydrogen) atoms. The van der Waals surface area contributed by atoms with Crippen LogP contribution in [0.3, 0.4) is 0 Å². The Morgan fingerprint density at radius 1 is 1.24 bits per heavy atom. The summed E-state index contributed by atoms with van der Waals surface area (Å²) in [6.07, 6.45) is 1.66. The summed E-state index contributed by atoms with van der Waals surface area (Å²) in [6.45, 7) is 0. The number of nitrogens with zero attached hydrogens (tertiary/aromatic N) is 1. The molecule has 0 aliphatic carbocycles. The molecule has 0 aliphatic heterocycles. The highest BCUT2D eigenvalue weighted by Gasteiger charge is 2.11. The molecule has 106 valence electrons. The van der Waals surface area contributed by atoms with E-state index in [1.54, 1.807) is 12.3 Å². The van der Waals surface area contributed by atoms with Gasteiger partial charge in [-0.1, -0.05) is 23.7 Å². The maximum absolute atomic E-state index is 13.3. The van der Waals surface area contributed by atoms with Crippen LogP contribution < -0.4 is 11.1 Å². The third-order valence-corrected chi connectivity index (χ3v) is 3.99. The van der Waals surface area contributed by atoms with E-state index in [2.05, 4.69) is 26.2 Å². The predicted molar refractivity (Wildman–Crippen MR) is 88.5 cm³/mol. The number of nitrogens with one attached hydrogen (secondary N) is 1. The van der Waals surface area contributed by atoms with Crippen LogP contribution in [0.2, 0.25) is 5.02 Å². The zero-order chi connectivity index (χ0) is 15.0. The van der Waals surface area contributed by atoms with Crippen LogP contribution in [0.4, 0.5) is 21.5 Å². The van der Waals surface area contributed by atoms with Crippen molar-refractivity contribution < 1.29 is 4.39 Å². The quantitative estimate of drug-likeness (QED) is 0.619. The van der Waals surface area contributed by atoms with Gasteiger partial charge >= 0.3 is 0 Å². The van der Waals surface area contributed by atoms with Gasteiger partial charge in [0, 0.05) is 21.7 Å². The Kier molecular flexibility index (Phi) is 3.69. The zero-order valence-corrected chi connectivity index (χ0v) is 13.0. The molecule has 0 radical (unpaired) electrons. The molecule has 6 heteroatoms. The molecule has 0 unspecified atom stereocenters. The average molecular weight is 367 g/mol. The topological polar surface area (TPSA) is 50.9 Å². The fraction of sp³-hybridized carbons (Fsp3) is 0. The second-order valence-corrected chi connectivity index (χ2v) is 5.73. The maximum Gasteiger partial charge on any atom is 0.125 e. The monoisotopic (exact) mass is 365 g/mol. The molecule has 0 amide bonds. The standard InChI is InChI=1S/C15H10BrClFN3/c16-10-6-8(18)7-11(17)15(10)21-13-4-5-20-14-9(13)2-1-3-12(14)19/h1-7H,19H2,(H,20,21). The van der Waals surface area contributed by atoms with Gasteiger partial charge in [0.2, 0.25) is 0 Å². The van der Waals surface area contributed by atoms with Gasteiger partial charge in [-0.15, -0.1) is 0 Å². The van der Waals surface area contributed by atoms with E-state index in [4.69, 9.17) is 17.3 Å². The summed E-state index contributed by atoms with van der Waals surface area (Å²) in [7, 11) is 0. The Morgan fingerprint density at radius 2 is 2.05 bits per heavy atom. The zero-order valence-electron chi connectivity index (χ0n) is 10.7. The number of hydrogen-bond acceptors (Lipinski definition) is 3. The molecular formula is C15H10BrClFN3. The first-order valence-corrected chi connectivity index (χ1v) is 7.28. The molecule has 3 aromatic rings. The van der Waals surface area contributed by atoms with Gasteiger partial charge in [0.05, 0.1) is 21.9 Å². The number of benzene rings is 2. The molecule has 0 fully saturated rings. The lowest BCUT2D eigenvalue weighted by Gasteiger charge is -2.13. The number of para-hydroxylation sites is 1. The fourth-order valence-electron chi connectivity index (χ4n) is 2.10. The van der Waals surface area contributed by atoms with Crippen LogP contribution in [-0.2, 0) is 0 Å². The van der Waals surface area contributed by atoms with Crippen molar-refractivity contribution in [1.29, 1.82) is 0 Å². The third-order valence-electron chi connectivity index (χ3n) is 3.07. The third kappa shape index (κ3) is 2.66. The van der Waals surface area contributed by atoms with Crippen molar-refractivity contribution >= 4 is 55.5 Å². The van der Waals surface area contributed by atoms with Gasteiger partial charge in [0.15, 0.2) is 0 Å². The predicted octanol–water partition coefficient (Wildman–Crippen LogP) is 5.12. The minimum Gasteiger partial charge on any atom is -0.397 e. The van der Waals surface area contributed by atoms with E-state index in [-0.39, 0.29) is 5.02 Å². The van der Waals surface area contributed by atoms with Crippen molar-refractivity contribution in [2.75, 3.05) is 11.1 Å². The summed E-state index contributed by atoms with van der Waals surface area (Å²) in [5.74, 6) is -0.402. The fourth-order valence-corrected chi connectivity index (χ4v) is 3.00. The van der Waals surface area contributed by atoms with Gasteiger partial charge in [0.25, 0.3) is 0 Å². The largest absolute Gasteiger partial charge is 0.397 e. The molecular weight excluding hydrogens is 357 g/mol. The molecule has 3 N–H and O–H groups in total. The van der Waals surface area contributed by atoms with Crippen molar-refractivity contribution in [3.8, 4) is 0 Å². The van der Waals surface area contributed by atoms with E-state index in [1.165, 1.54) is 12.1 Å². The smallest absolute Gasteiger partial charge is 0.125 e. The summed E-state index contributed by atoms with van der Waals surface area (Å²) >= 11 is 9.40. The Labute approximate surface area is 134 Å². The van der Waals surface area contributed by atoms with Crippen molar-refractivity contribution in [3.05, 3.63) is 57.9 Å². The average Bonchev–Trinajstić information content (AvgIpc) is 2.43. The van der Waals surface area contributed by atoms with Crippen LogP contribution >= 0.6 is 27.5 Å². The maximum atomic E-state index is 13.3. The first kappa shape index (κ1) is 14.1. The van der Waals surface area contributed by atoms with Crippen LogP contribution in [0.15, 0.2) is 47.1 Å². The molecule has 0 bridgehead atoms. The van der Waals surface area contributed by atoms with Crippen molar-refractivity contribution in [1.82, 2.24) is 4.98 Å². The number of pyridine rings is 1. The summed E-state index contributed by atoms with van der Waals surface area (Å²) in [5.41, 5.74) is 8.61. The van der Waals surface area contributed by atoms with E-state index in [0.29, 0.717) is 21.4 Å². The number of nitrogens with two attached hydrogens (primary N) is 1. The molecule has 3 rings (SSSR count). The van der Waals surface area contributed by atoms with Crippen LogP contribution in [0, 0.1) is 5.82 Å². The molecule has 1 aromatic heterocycles. The second-order valence-electron chi connectivity index (χ2n) is 4.47. The van der Waals surface area contributed by atoms with E-state index >= 15 is 0 Å². The van der Waals surface area contributed by atoms with E-state index < -0.39 is 5.82 Å². The van der Waals surface area contributed by atoms with Crippen molar-refractivity contribution in [3.63, 3.8) is 0 Å². The molecule has 3 nitrogen and oxygen atoms in total. The van der Waals surface area contributed by atoms with Crippen LogP contribution in [0.25, 0.3) is 10.9 Å². The van der Waals surface area contributed by atoms with Crippen LogP contribution in [-0.4, -0.2) is 4.98 Å². The van der Waals surface area contributed by atoms with Crippen LogP contribution in [0.5, 0.6) is 0 Å². The van der Waals surface area contributed by atoms with Gasteiger partial charge in [-0.3, -0.25) is 4.98 Å². The summed E-state index contributed by atoms with van der Waals surface area (Å²) in [5, 5.41) is 4.35. The first-order valence-electron chi connectivity index (χ1n) is 6.11. The lowest BCUT2D eigenvalue weighted by Crippen LogP contribution is -1.97. The lowest BCUT2D eigenvalue weighted by atomic mass is 10.1. The summed E-state index contributed by atoms with van der Waals surface area (Å²) in [6, 6.07) is 9.98. The normalized spacial score (nSPS) is 10.8. The minimum atomic E-state index is -0.402. The number of nitrogen functional groups attached to an aromatic ring is 1. The van der Waals surface area contributed by atoms with Gasteiger partial charge < -0.3 is 11.1 Å². The molecule has 1 heterocycles. The molecule has 0 saturated heterocycles. The Morgan fingerprint density at radius 3 is 2.81 bits per heavy atom. The van der Waals surface area contributed by atoms with Crippen LogP contribution in [0.1, 0.15) is 0 Å². The molecule has 0 spiro atoms. The van der Waals surface area contributed by atoms with Gasteiger partial charge in [-0.05, 0) is 40.2 Å². The Balaban J connectivity index is 2.13. The summed E-state index contributed by atoms with van der Waals surface area (Å²) < 4.78 is 13.8. The number of aromatic nitrogens is 1. The van der Waals surface area contributed by atoms with Gasteiger partial charge in [-0.2, -0.15) is 0 Å². The molecule has 0 atom stereocenters. The van der Waals surface area contributed by atoms with Gasteiger partial charge in [0.1, 0.15) is 5.82 Å². The number of hydrogen-bond donors (Lipinski definition) is 2. The number of fused-ring (bicyclic) bond motifs is 1. The highest BCUT2D eigenvalue weighted by atomic mass is 79.9. The van der Waals surface area contributed by atoms with Crippen molar-refractivity contribution in [2.24, 2.45) is 0 Å². The number of halogens is 3. The van der Waals surface area contributed by atoms with E-state index in [0.717, 1.165) is 11.1 Å². The van der Waals surface area contributed by atoms with E-state index in [9.17, 15) is 4.39 Å². The lowest BCUT2D eigenvalue weighted by molar-refractivity contribution is 0.627. The molecule has 0 aliphatic rings. The Bertz CT molecular complexity index is 815. The second kappa shape index (κ2) is 5.50. The van der Waals surface area contributed by atoms with E-state index in [1.807, 2.05) is 18.2 Å². The highest BCUT2D eigenvalue weighted by molar-refractivity contribution is 9.10. The Hall–Kier alpha value is -1.85. The number of rotatable bonds is 2. The van der Waals surface area contributed by atoms with Crippen molar-refractivity contribution in [2.45, 2.75) is 0 Å². The number of anilines is 3. The summed E-state index contributed by atoms with van der Waals surface area (Å²) in [4.78, 5) is 4.27. The first-order chi connectivity index (χ1) is 10.1. The molecule has 2 aromatic carbocycles. The van der Waals surface area contributed by atoms with Gasteiger partial charge in [-0.25, -0.2) is 4.39 Å².